The van der Waals surface area contributed by atoms with Gasteiger partial charge in [0.05, 0.1) is 24.2 Å². The van der Waals surface area contributed by atoms with Crippen LogP contribution in [0.5, 0.6) is 0 Å². The highest BCUT2D eigenvalue weighted by Gasteiger charge is 2.19. The number of hydrogen-bond donors (Lipinski definition) is 1. The van der Waals surface area contributed by atoms with Gasteiger partial charge in [-0.3, -0.25) is 9.10 Å². The SMILES string of the molecule is Cc1ccc(N(Cc2cccc(C(=O)Nc3ccccc3F)c2)S(C)(=O)=O)cc1C. The van der Waals surface area contributed by atoms with Crippen molar-refractivity contribution in [1.29, 1.82) is 0 Å². The highest BCUT2D eigenvalue weighted by molar-refractivity contribution is 7.92. The van der Waals surface area contributed by atoms with Crippen molar-refractivity contribution >= 4 is 27.3 Å². The molecule has 3 aromatic rings. The second-order valence-electron chi connectivity index (χ2n) is 7.17. The molecule has 30 heavy (non-hydrogen) atoms. The summed E-state index contributed by atoms with van der Waals surface area (Å²) in [6, 6.07) is 18.0. The Kier molecular flexibility index (Phi) is 6.22. The minimum atomic E-state index is -3.55. The molecular formula is C23H23FN2O3S. The normalized spacial score (nSPS) is 11.2. The number of nitrogens with one attached hydrogen (secondary N) is 1. The predicted octanol–water partition coefficient (Wildman–Crippen LogP) is 4.66. The molecule has 0 saturated heterocycles. The Labute approximate surface area is 176 Å². The van der Waals surface area contributed by atoms with E-state index >= 15 is 0 Å². The fourth-order valence-electron chi connectivity index (χ4n) is 3.01. The zero-order valence-corrected chi connectivity index (χ0v) is 17.8. The molecule has 0 fully saturated rings. The van der Waals surface area contributed by atoms with Gasteiger partial charge in [-0.15, -0.1) is 0 Å². The van der Waals surface area contributed by atoms with Crippen LogP contribution < -0.4 is 9.62 Å². The maximum atomic E-state index is 13.8. The van der Waals surface area contributed by atoms with Crippen molar-refractivity contribution in [2.45, 2.75) is 20.4 Å². The first-order valence-corrected chi connectivity index (χ1v) is 11.2. The van der Waals surface area contributed by atoms with Crippen LogP contribution in [-0.2, 0) is 16.6 Å². The third-order valence-corrected chi connectivity index (χ3v) is 5.96. The van der Waals surface area contributed by atoms with E-state index in [2.05, 4.69) is 5.32 Å². The number of halogens is 1. The molecule has 0 aromatic heterocycles. The van der Waals surface area contributed by atoms with Gasteiger partial charge in [0.15, 0.2) is 0 Å². The molecule has 1 N–H and O–H groups in total. The average Bonchev–Trinajstić information content (AvgIpc) is 2.69. The van der Waals surface area contributed by atoms with Crippen LogP contribution in [0.15, 0.2) is 66.7 Å². The molecule has 1 amide bonds. The predicted molar refractivity (Wildman–Crippen MR) is 118 cm³/mol. The third kappa shape index (κ3) is 5.04. The molecule has 3 aromatic carbocycles. The van der Waals surface area contributed by atoms with Crippen LogP contribution in [-0.4, -0.2) is 20.6 Å². The van der Waals surface area contributed by atoms with Crippen LogP contribution in [0.25, 0.3) is 0 Å². The minimum Gasteiger partial charge on any atom is -0.319 e. The average molecular weight is 427 g/mol. The van der Waals surface area contributed by atoms with Gasteiger partial charge in [0.1, 0.15) is 5.82 Å². The molecule has 0 saturated carbocycles. The fourth-order valence-corrected chi connectivity index (χ4v) is 3.89. The Morgan fingerprint density at radius 2 is 1.70 bits per heavy atom. The summed E-state index contributed by atoms with van der Waals surface area (Å²) in [6.07, 6.45) is 1.15. The maximum Gasteiger partial charge on any atom is 0.255 e. The minimum absolute atomic E-state index is 0.0716. The number of carbonyl (C=O) groups is 1. The van der Waals surface area contributed by atoms with Crippen molar-refractivity contribution in [3.8, 4) is 0 Å². The summed E-state index contributed by atoms with van der Waals surface area (Å²) in [7, 11) is -3.55. The van der Waals surface area contributed by atoms with Gasteiger partial charge in [-0.2, -0.15) is 0 Å². The molecule has 0 unspecified atom stereocenters. The van der Waals surface area contributed by atoms with Gasteiger partial charge in [-0.25, -0.2) is 12.8 Å². The van der Waals surface area contributed by atoms with Crippen LogP contribution in [0, 0.1) is 19.7 Å². The number of sulfonamides is 1. The molecule has 7 heteroatoms. The molecule has 5 nitrogen and oxygen atoms in total. The smallest absolute Gasteiger partial charge is 0.255 e. The quantitative estimate of drug-likeness (QED) is 0.623. The van der Waals surface area contributed by atoms with E-state index in [1.165, 1.54) is 22.5 Å². The molecule has 0 radical (unpaired) electrons. The lowest BCUT2D eigenvalue weighted by Gasteiger charge is -2.23. The first-order valence-electron chi connectivity index (χ1n) is 9.35. The van der Waals surface area contributed by atoms with Gasteiger partial charge in [-0.05, 0) is 66.9 Å². The molecule has 0 aliphatic heterocycles. The highest BCUT2D eigenvalue weighted by atomic mass is 32.2. The van der Waals surface area contributed by atoms with E-state index in [1.54, 1.807) is 36.4 Å². The number of benzene rings is 3. The summed E-state index contributed by atoms with van der Waals surface area (Å²) in [5.74, 6) is -1.00. The Morgan fingerprint density at radius 3 is 2.37 bits per heavy atom. The second-order valence-corrected chi connectivity index (χ2v) is 9.08. The number of para-hydroxylation sites is 1. The second kappa shape index (κ2) is 8.67. The lowest BCUT2D eigenvalue weighted by atomic mass is 10.1. The van der Waals surface area contributed by atoms with Gasteiger partial charge in [0.25, 0.3) is 5.91 Å². The van der Waals surface area contributed by atoms with Crippen LogP contribution in [0.3, 0.4) is 0 Å². The summed E-state index contributed by atoms with van der Waals surface area (Å²) in [6.45, 7) is 3.96. The summed E-state index contributed by atoms with van der Waals surface area (Å²) in [5.41, 5.74) is 3.64. The maximum absolute atomic E-state index is 13.8. The molecule has 0 aliphatic rings. The lowest BCUT2D eigenvalue weighted by Crippen LogP contribution is -2.29. The molecule has 156 valence electrons. The summed E-state index contributed by atoms with van der Waals surface area (Å²) in [4.78, 5) is 12.5. The molecule has 0 aliphatic carbocycles. The van der Waals surface area contributed by atoms with Crippen molar-refractivity contribution in [2.24, 2.45) is 0 Å². The van der Waals surface area contributed by atoms with Crippen molar-refractivity contribution < 1.29 is 17.6 Å². The Morgan fingerprint density at radius 1 is 0.967 bits per heavy atom. The fraction of sp³-hybridized carbons (Fsp3) is 0.174. The van der Waals surface area contributed by atoms with Gasteiger partial charge >= 0.3 is 0 Å². The zero-order chi connectivity index (χ0) is 21.9. The van der Waals surface area contributed by atoms with E-state index < -0.39 is 21.7 Å². The number of rotatable bonds is 6. The first-order chi connectivity index (χ1) is 14.1. The Bertz CT molecular complexity index is 1190. The van der Waals surface area contributed by atoms with Gasteiger partial charge in [0, 0.05) is 5.56 Å². The van der Waals surface area contributed by atoms with Crippen LogP contribution in [0.1, 0.15) is 27.0 Å². The number of amides is 1. The molecule has 0 spiro atoms. The van der Waals surface area contributed by atoms with Crippen molar-refractivity contribution in [2.75, 3.05) is 15.9 Å². The van der Waals surface area contributed by atoms with E-state index in [-0.39, 0.29) is 12.2 Å². The van der Waals surface area contributed by atoms with Crippen LogP contribution >= 0.6 is 0 Å². The number of carbonyl (C=O) groups excluding carboxylic acids is 1. The molecular weight excluding hydrogens is 403 g/mol. The molecule has 0 bridgehead atoms. The number of anilines is 2. The third-order valence-electron chi connectivity index (χ3n) is 4.82. The van der Waals surface area contributed by atoms with Crippen LogP contribution in [0.2, 0.25) is 0 Å². The topological polar surface area (TPSA) is 66.5 Å². The first kappa shape index (κ1) is 21.5. The molecule has 3 rings (SSSR count). The number of aryl methyl sites for hydroxylation is 2. The standard InChI is InChI=1S/C23H23FN2O3S/c1-16-11-12-20(13-17(16)2)26(30(3,28)29)15-18-7-6-8-19(14-18)23(27)25-22-10-5-4-9-21(22)24/h4-14H,15H2,1-3H3,(H,25,27). The highest BCUT2D eigenvalue weighted by Crippen LogP contribution is 2.24. The number of hydrogen-bond acceptors (Lipinski definition) is 3. The lowest BCUT2D eigenvalue weighted by molar-refractivity contribution is 0.102. The number of nitrogens with zero attached hydrogens (tertiary/aromatic N) is 1. The van der Waals surface area contributed by atoms with E-state index in [1.807, 2.05) is 26.0 Å². The summed E-state index contributed by atoms with van der Waals surface area (Å²) in [5, 5.41) is 2.54. The zero-order valence-electron chi connectivity index (χ0n) is 17.0. The summed E-state index contributed by atoms with van der Waals surface area (Å²) < 4.78 is 40.0. The summed E-state index contributed by atoms with van der Waals surface area (Å²) >= 11 is 0. The molecule has 0 atom stereocenters. The van der Waals surface area contributed by atoms with Gasteiger partial charge in [-0.1, -0.05) is 30.3 Å². The monoisotopic (exact) mass is 426 g/mol. The Hall–Kier alpha value is -3.19. The van der Waals surface area contributed by atoms with E-state index in [0.717, 1.165) is 17.4 Å². The van der Waals surface area contributed by atoms with Crippen molar-refractivity contribution in [1.82, 2.24) is 0 Å². The van der Waals surface area contributed by atoms with E-state index in [4.69, 9.17) is 0 Å². The van der Waals surface area contributed by atoms with Crippen molar-refractivity contribution in [3.63, 3.8) is 0 Å². The molecule has 0 heterocycles. The Balaban J connectivity index is 1.87. The van der Waals surface area contributed by atoms with Gasteiger partial charge < -0.3 is 5.32 Å². The van der Waals surface area contributed by atoms with Crippen LogP contribution in [0.4, 0.5) is 15.8 Å². The largest absolute Gasteiger partial charge is 0.319 e. The van der Waals surface area contributed by atoms with Gasteiger partial charge in [0.2, 0.25) is 10.0 Å². The van der Waals surface area contributed by atoms with E-state index in [9.17, 15) is 17.6 Å². The van der Waals surface area contributed by atoms with E-state index in [0.29, 0.717) is 16.8 Å². The van der Waals surface area contributed by atoms with Crippen molar-refractivity contribution in [3.05, 3.63) is 94.8 Å².